The van der Waals surface area contributed by atoms with Crippen LogP contribution in [0.1, 0.15) is 46.4 Å². The van der Waals surface area contributed by atoms with Gasteiger partial charge in [-0.25, -0.2) is 8.42 Å². The second-order valence-electron chi connectivity index (χ2n) is 7.36. The van der Waals surface area contributed by atoms with Gasteiger partial charge in [-0.3, -0.25) is 9.59 Å². The molecule has 0 unspecified atom stereocenters. The molecule has 1 saturated heterocycles. The molecular formula is C22H26ClN3O4S. The highest BCUT2D eigenvalue weighted by Gasteiger charge is 2.25. The molecule has 2 N–H and O–H groups in total. The fraction of sp³-hybridized carbons (Fsp3) is 0.364. The van der Waals surface area contributed by atoms with Crippen LogP contribution in [0.5, 0.6) is 0 Å². The topological polar surface area (TPSA) is 95.6 Å². The van der Waals surface area contributed by atoms with Crippen LogP contribution in [-0.4, -0.2) is 50.7 Å². The van der Waals surface area contributed by atoms with Crippen LogP contribution in [0.3, 0.4) is 0 Å². The number of nitrogens with one attached hydrogen (secondary N) is 2. The first-order valence-corrected chi connectivity index (χ1v) is 12.1. The lowest BCUT2D eigenvalue weighted by molar-refractivity contribution is 0.0927. The Balaban J connectivity index is 1.49. The Morgan fingerprint density at radius 2 is 1.23 bits per heavy atom. The van der Waals surface area contributed by atoms with E-state index >= 15 is 0 Å². The number of rotatable bonds is 7. The molecule has 0 saturated carbocycles. The zero-order valence-electron chi connectivity index (χ0n) is 17.1. The van der Waals surface area contributed by atoms with E-state index in [9.17, 15) is 18.0 Å². The standard InChI is InChI=1S/C22H26ClN3O4S/c23-19-9-5-17(6-10-19)21(27)24-13-14-25-22(28)18-7-11-20(12-8-18)31(29,30)26-15-3-1-2-4-16-26/h5-12H,1-4,13-16H2,(H,24,27)(H,25,28). The number of halogens is 1. The van der Waals surface area contributed by atoms with Crippen molar-refractivity contribution >= 4 is 33.4 Å². The number of amides is 2. The van der Waals surface area contributed by atoms with Gasteiger partial charge in [0, 0.05) is 42.3 Å². The molecule has 0 spiro atoms. The molecule has 0 bridgehead atoms. The van der Waals surface area contributed by atoms with E-state index in [0.717, 1.165) is 25.7 Å². The van der Waals surface area contributed by atoms with E-state index in [4.69, 9.17) is 11.6 Å². The maximum Gasteiger partial charge on any atom is 0.251 e. The first-order chi connectivity index (χ1) is 14.9. The van der Waals surface area contributed by atoms with Gasteiger partial charge in [-0.1, -0.05) is 24.4 Å². The molecule has 0 radical (unpaired) electrons. The van der Waals surface area contributed by atoms with Gasteiger partial charge in [-0.2, -0.15) is 4.31 Å². The maximum absolute atomic E-state index is 12.8. The molecule has 1 aliphatic heterocycles. The van der Waals surface area contributed by atoms with Crippen LogP contribution in [0.15, 0.2) is 53.4 Å². The van der Waals surface area contributed by atoms with Gasteiger partial charge < -0.3 is 10.6 Å². The summed E-state index contributed by atoms with van der Waals surface area (Å²) in [5.41, 5.74) is 0.843. The average Bonchev–Trinajstić information content (AvgIpc) is 3.07. The number of sulfonamides is 1. The number of hydrogen-bond donors (Lipinski definition) is 2. The SMILES string of the molecule is O=C(NCCNC(=O)c1ccc(S(=O)(=O)N2CCCCCC2)cc1)c1ccc(Cl)cc1. The van der Waals surface area contributed by atoms with Crippen molar-refractivity contribution < 1.29 is 18.0 Å². The minimum Gasteiger partial charge on any atom is -0.350 e. The van der Waals surface area contributed by atoms with E-state index in [0.29, 0.717) is 29.2 Å². The second-order valence-corrected chi connectivity index (χ2v) is 9.74. The fourth-order valence-electron chi connectivity index (χ4n) is 3.37. The molecule has 0 aromatic heterocycles. The highest BCUT2D eigenvalue weighted by Crippen LogP contribution is 2.20. The zero-order valence-corrected chi connectivity index (χ0v) is 18.7. The first kappa shape index (κ1) is 23.2. The Hall–Kier alpha value is -2.42. The summed E-state index contributed by atoms with van der Waals surface area (Å²) in [6, 6.07) is 12.5. The minimum absolute atomic E-state index is 0.196. The summed E-state index contributed by atoms with van der Waals surface area (Å²) in [6.07, 6.45) is 3.83. The number of carbonyl (C=O) groups is 2. The van der Waals surface area contributed by atoms with Gasteiger partial charge in [-0.15, -0.1) is 0 Å². The van der Waals surface area contributed by atoms with Crippen molar-refractivity contribution in [2.24, 2.45) is 0 Å². The molecule has 9 heteroatoms. The second kappa shape index (κ2) is 10.7. The Bertz CT molecular complexity index is 1000. The van der Waals surface area contributed by atoms with Crippen LogP contribution in [0.25, 0.3) is 0 Å². The quantitative estimate of drug-likeness (QED) is 0.617. The molecule has 31 heavy (non-hydrogen) atoms. The Labute approximate surface area is 187 Å². The molecule has 1 fully saturated rings. The third-order valence-corrected chi connectivity index (χ3v) is 7.29. The van der Waals surface area contributed by atoms with Gasteiger partial charge in [0.15, 0.2) is 0 Å². The third kappa shape index (κ3) is 6.29. The van der Waals surface area contributed by atoms with Gasteiger partial charge in [0.2, 0.25) is 10.0 Å². The smallest absolute Gasteiger partial charge is 0.251 e. The van der Waals surface area contributed by atoms with E-state index in [2.05, 4.69) is 10.6 Å². The summed E-state index contributed by atoms with van der Waals surface area (Å²) in [5, 5.41) is 5.97. The van der Waals surface area contributed by atoms with E-state index < -0.39 is 10.0 Å². The molecule has 0 aliphatic carbocycles. The summed E-state index contributed by atoms with van der Waals surface area (Å²) < 4.78 is 27.1. The number of benzene rings is 2. The van der Waals surface area contributed by atoms with E-state index in [1.807, 2.05) is 0 Å². The third-order valence-electron chi connectivity index (χ3n) is 5.12. The molecule has 3 rings (SSSR count). The van der Waals surface area contributed by atoms with E-state index in [-0.39, 0.29) is 29.8 Å². The lowest BCUT2D eigenvalue weighted by Gasteiger charge is -2.20. The van der Waals surface area contributed by atoms with Gasteiger partial charge in [0.25, 0.3) is 11.8 Å². The lowest BCUT2D eigenvalue weighted by Crippen LogP contribution is -2.34. The summed E-state index contributed by atoms with van der Waals surface area (Å²) in [6.45, 7) is 1.57. The molecule has 2 aromatic rings. The fourth-order valence-corrected chi connectivity index (χ4v) is 5.01. The van der Waals surface area contributed by atoms with Crippen molar-refractivity contribution in [3.05, 3.63) is 64.7 Å². The summed E-state index contributed by atoms with van der Waals surface area (Å²) >= 11 is 5.80. The predicted molar refractivity (Wildman–Crippen MR) is 120 cm³/mol. The monoisotopic (exact) mass is 463 g/mol. The van der Waals surface area contributed by atoms with Gasteiger partial charge in [0.1, 0.15) is 0 Å². The van der Waals surface area contributed by atoms with Crippen LogP contribution >= 0.6 is 11.6 Å². The van der Waals surface area contributed by atoms with Crippen LogP contribution < -0.4 is 10.6 Å². The predicted octanol–water partition coefficient (Wildman–Crippen LogP) is 3.06. The van der Waals surface area contributed by atoms with Gasteiger partial charge >= 0.3 is 0 Å². The maximum atomic E-state index is 12.8. The number of nitrogens with zero attached hydrogens (tertiary/aromatic N) is 1. The van der Waals surface area contributed by atoms with Crippen LogP contribution in [-0.2, 0) is 10.0 Å². The van der Waals surface area contributed by atoms with Crippen molar-refractivity contribution in [1.82, 2.24) is 14.9 Å². The van der Waals surface area contributed by atoms with Crippen LogP contribution in [0.2, 0.25) is 5.02 Å². The van der Waals surface area contributed by atoms with Crippen LogP contribution in [0, 0.1) is 0 Å². The van der Waals surface area contributed by atoms with Crippen molar-refractivity contribution in [3.8, 4) is 0 Å². The summed E-state index contributed by atoms with van der Waals surface area (Å²) in [7, 11) is -3.54. The van der Waals surface area contributed by atoms with Gasteiger partial charge in [-0.05, 0) is 61.4 Å². The molecule has 1 heterocycles. The Morgan fingerprint density at radius 3 is 1.71 bits per heavy atom. The molecule has 2 aromatic carbocycles. The molecular weight excluding hydrogens is 438 g/mol. The lowest BCUT2D eigenvalue weighted by atomic mass is 10.2. The summed E-state index contributed by atoms with van der Waals surface area (Å²) in [4.78, 5) is 24.5. The van der Waals surface area contributed by atoms with Crippen LogP contribution in [0.4, 0.5) is 0 Å². The minimum atomic E-state index is -3.54. The molecule has 2 amide bonds. The van der Waals surface area contributed by atoms with Crippen molar-refractivity contribution in [1.29, 1.82) is 0 Å². The first-order valence-electron chi connectivity index (χ1n) is 10.3. The van der Waals surface area contributed by atoms with E-state index in [1.54, 1.807) is 24.3 Å². The average molecular weight is 464 g/mol. The van der Waals surface area contributed by atoms with Gasteiger partial charge in [0.05, 0.1) is 4.90 Å². The molecule has 166 valence electrons. The van der Waals surface area contributed by atoms with Crippen molar-refractivity contribution in [2.45, 2.75) is 30.6 Å². The Morgan fingerprint density at radius 1 is 0.774 bits per heavy atom. The van der Waals surface area contributed by atoms with Crippen molar-refractivity contribution in [3.63, 3.8) is 0 Å². The zero-order chi connectivity index (χ0) is 22.3. The highest BCUT2D eigenvalue weighted by molar-refractivity contribution is 7.89. The largest absolute Gasteiger partial charge is 0.350 e. The van der Waals surface area contributed by atoms with E-state index in [1.165, 1.54) is 28.6 Å². The highest BCUT2D eigenvalue weighted by atomic mass is 35.5. The Kier molecular flexibility index (Phi) is 8.06. The molecule has 7 nitrogen and oxygen atoms in total. The number of carbonyl (C=O) groups excluding carboxylic acids is 2. The normalized spacial score (nSPS) is 15.1. The molecule has 0 atom stereocenters. The number of hydrogen-bond acceptors (Lipinski definition) is 4. The van der Waals surface area contributed by atoms with Crippen molar-refractivity contribution in [2.75, 3.05) is 26.2 Å². The molecule has 1 aliphatic rings. The summed E-state index contributed by atoms with van der Waals surface area (Å²) in [5.74, 6) is -0.589.